The van der Waals surface area contributed by atoms with Gasteiger partial charge < -0.3 is 19.1 Å². The Balaban J connectivity index is 0.00000686. The zero-order chi connectivity index (χ0) is 57.8. The largest absolute Gasteiger partial charge is 0.509 e. The van der Waals surface area contributed by atoms with Crippen molar-refractivity contribution in [1.29, 1.82) is 0 Å². The number of pyridine rings is 2. The first-order chi connectivity index (χ1) is 41.4. The summed E-state index contributed by atoms with van der Waals surface area (Å²) < 4.78 is 8.95. The molecule has 12 nitrogen and oxygen atoms in total. The molecule has 6 heterocycles. The molecular formula is C73H56N11OPt-3. The number of fused-ring (bicyclic) bond motifs is 4. The molecule has 0 atom stereocenters. The van der Waals surface area contributed by atoms with Crippen LogP contribution < -0.4 is 14.5 Å². The monoisotopic (exact) mass is 1300 g/mol. The molecule has 0 amide bonds. The molecule has 5 aromatic heterocycles. The number of hydrogen-bond acceptors (Lipinski definition) is 11. The summed E-state index contributed by atoms with van der Waals surface area (Å²) in [6.45, 7) is 15.3. The summed E-state index contributed by atoms with van der Waals surface area (Å²) in [6.07, 6.45) is 3.69. The second-order valence-corrected chi connectivity index (χ2v) is 23.0. The zero-order valence-electron chi connectivity index (χ0n) is 48.1. The van der Waals surface area contributed by atoms with Crippen LogP contribution in [0.4, 0.5) is 22.9 Å². The third-order valence-corrected chi connectivity index (χ3v) is 15.2. The summed E-state index contributed by atoms with van der Waals surface area (Å²) in [7, 11) is 0. The van der Waals surface area contributed by atoms with Crippen LogP contribution in [0.5, 0.6) is 11.5 Å². The molecule has 0 bridgehead atoms. The van der Waals surface area contributed by atoms with Gasteiger partial charge in [0.2, 0.25) is 0 Å². The molecule has 0 unspecified atom stereocenters. The van der Waals surface area contributed by atoms with Crippen molar-refractivity contribution in [1.82, 2.24) is 44.4 Å². The molecule has 0 saturated heterocycles. The Bertz CT molecular complexity index is 4380. The van der Waals surface area contributed by atoms with Crippen LogP contribution in [-0.2, 0) is 31.9 Å². The molecule has 8 aromatic carbocycles. The van der Waals surface area contributed by atoms with Crippen LogP contribution >= 0.6 is 0 Å². The first kappa shape index (κ1) is 55.2. The zero-order valence-corrected chi connectivity index (χ0v) is 50.4. The van der Waals surface area contributed by atoms with Gasteiger partial charge in [0, 0.05) is 89.5 Å². The molecule has 0 aliphatic carbocycles. The molecular weight excluding hydrogens is 1240 g/mol. The van der Waals surface area contributed by atoms with E-state index in [-0.39, 0.29) is 31.9 Å². The van der Waals surface area contributed by atoms with Crippen LogP contribution in [0.15, 0.2) is 225 Å². The molecule has 14 rings (SSSR count). The second-order valence-electron chi connectivity index (χ2n) is 23.0. The van der Waals surface area contributed by atoms with E-state index >= 15 is 0 Å². The van der Waals surface area contributed by atoms with Crippen molar-refractivity contribution in [3.63, 3.8) is 0 Å². The maximum absolute atomic E-state index is 6.78. The fourth-order valence-corrected chi connectivity index (χ4v) is 10.8. The van der Waals surface area contributed by atoms with Crippen LogP contribution in [0.25, 0.3) is 96.0 Å². The van der Waals surface area contributed by atoms with E-state index in [0.29, 0.717) is 63.6 Å². The molecule has 0 saturated carbocycles. The van der Waals surface area contributed by atoms with Crippen molar-refractivity contribution in [3.05, 3.63) is 255 Å². The van der Waals surface area contributed by atoms with Crippen LogP contribution in [0, 0.1) is 18.8 Å². The minimum Gasteiger partial charge on any atom is -0.509 e. The third-order valence-electron chi connectivity index (χ3n) is 15.2. The van der Waals surface area contributed by atoms with Gasteiger partial charge in [-0.3, -0.25) is 0 Å². The van der Waals surface area contributed by atoms with Gasteiger partial charge >= 0.3 is 0 Å². The predicted octanol–water partition coefficient (Wildman–Crippen LogP) is 17.3. The smallest absolute Gasteiger partial charge is 0.166 e. The minimum atomic E-state index is -0.375. The molecule has 13 aromatic rings. The molecule has 0 spiro atoms. The van der Waals surface area contributed by atoms with E-state index in [0.717, 1.165) is 72.3 Å². The molecule has 13 heteroatoms. The topological polar surface area (TPSA) is 124 Å². The first-order valence-electron chi connectivity index (χ1n) is 28.3. The maximum Gasteiger partial charge on any atom is 0.166 e. The molecule has 0 fully saturated rings. The molecule has 1 aliphatic rings. The summed E-state index contributed by atoms with van der Waals surface area (Å²) in [6, 6.07) is 78.4. The van der Waals surface area contributed by atoms with Gasteiger partial charge in [-0.2, -0.15) is 12.1 Å². The van der Waals surface area contributed by atoms with Crippen molar-refractivity contribution < 1.29 is 25.8 Å². The molecule has 86 heavy (non-hydrogen) atoms. The number of rotatable bonds is 11. The van der Waals surface area contributed by atoms with Crippen molar-refractivity contribution >= 4 is 44.7 Å². The average Bonchev–Trinajstić information content (AvgIpc) is 3.10. The third kappa shape index (κ3) is 10.6. The SMILES string of the molecule is CC(C)(C)c1ccnc(-n2c3[c-]c(Oc4[c-]c(N5[CH-]N(c6c(-c7nc(-c8ccccc8)nc(-c8ccccc8)n7)cc(C(C)(C)C)cc6-c6nc(-c7ccccc7)nc(-c7ccccc7)n6)c6cccnc65)ccc4)ccc3c3ccccc32)c1.[Pt]. The van der Waals surface area contributed by atoms with Gasteiger partial charge in [-0.15, -0.1) is 42.4 Å². The number of benzene rings is 8. The fraction of sp³-hybridized carbons (Fsp3) is 0.110. The van der Waals surface area contributed by atoms with E-state index in [4.69, 9.17) is 44.6 Å². The Hall–Kier alpha value is -10.0. The summed E-state index contributed by atoms with van der Waals surface area (Å²) >= 11 is 0. The van der Waals surface area contributed by atoms with Gasteiger partial charge in [-0.25, -0.2) is 39.9 Å². The van der Waals surface area contributed by atoms with E-state index in [1.54, 1.807) is 6.20 Å². The van der Waals surface area contributed by atoms with Gasteiger partial charge in [0.1, 0.15) is 11.6 Å². The Morgan fingerprint density at radius 2 is 0.930 bits per heavy atom. The van der Waals surface area contributed by atoms with E-state index < -0.39 is 0 Å². The van der Waals surface area contributed by atoms with Crippen LogP contribution in [-0.4, -0.2) is 44.4 Å². The first-order valence-corrected chi connectivity index (χ1v) is 28.3. The van der Waals surface area contributed by atoms with Gasteiger partial charge in [-0.05, 0) is 69.8 Å². The Kier molecular flexibility index (Phi) is 14.4. The minimum absolute atomic E-state index is 0. The summed E-state index contributed by atoms with van der Waals surface area (Å²) in [5.41, 5.74) is 10.7. The Morgan fingerprint density at radius 1 is 0.419 bits per heavy atom. The maximum atomic E-state index is 6.78. The fourth-order valence-electron chi connectivity index (χ4n) is 10.8. The van der Waals surface area contributed by atoms with E-state index in [2.05, 4.69) is 124 Å². The van der Waals surface area contributed by atoms with Crippen LogP contribution in [0.1, 0.15) is 52.7 Å². The van der Waals surface area contributed by atoms with Gasteiger partial charge in [0.15, 0.2) is 34.9 Å². The number of anilines is 4. The number of para-hydroxylation sites is 1. The summed E-state index contributed by atoms with van der Waals surface area (Å²) in [5, 5.41) is 2.14. The Morgan fingerprint density at radius 3 is 1.48 bits per heavy atom. The van der Waals surface area contributed by atoms with Crippen molar-refractivity contribution in [2.24, 2.45) is 0 Å². The van der Waals surface area contributed by atoms with Crippen molar-refractivity contribution in [2.75, 3.05) is 9.80 Å². The summed E-state index contributed by atoms with van der Waals surface area (Å²) in [5.74, 6) is 5.52. The van der Waals surface area contributed by atoms with E-state index in [1.165, 1.54) is 5.56 Å². The quantitative estimate of drug-likeness (QED) is 0.115. The second kappa shape index (κ2) is 22.5. The van der Waals surface area contributed by atoms with Gasteiger partial charge in [0.05, 0.1) is 5.69 Å². The van der Waals surface area contributed by atoms with E-state index in [9.17, 15) is 0 Å². The van der Waals surface area contributed by atoms with Crippen molar-refractivity contribution in [3.8, 4) is 85.6 Å². The van der Waals surface area contributed by atoms with E-state index in [1.807, 2.05) is 169 Å². The average molecular weight is 1300 g/mol. The molecule has 0 N–H and O–H groups in total. The standard InChI is InChI=1S/C73H56N11O.Pt/c1-72(2,3)51-38-40-74-63(43-51)84-60-34-20-19-33-56(60)57-37-36-55(45-62(57)84)85-54-32-21-31-53(44-54)82-46-83(61-35-22-39-75-71(61)82)64-58(69-78-65(47-23-11-7-12-24-47)76-66(79-69)48-25-13-8-14-26-48)41-52(73(4,5)6)42-59(64)70-80-67(49-27-15-9-16-28-49)77-68(81-70)50-29-17-10-18-30-50;/h7-43,46H,1-6H3;/q-3;. The summed E-state index contributed by atoms with van der Waals surface area (Å²) in [4.78, 5) is 46.0. The normalized spacial score (nSPS) is 12.3. The predicted molar refractivity (Wildman–Crippen MR) is 339 cm³/mol. The number of hydrogen-bond donors (Lipinski definition) is 0. The van der Waals surface area contributed by atoms with Crippen LogP contribution in [0.2, 0.25) is 0 Å². The Labute approximate surface area is 514 Å². The number of aromatic nitrogens is 9. The van der Waals surface area contributed by atoms with Gasteiger partial charge in [-0.1, -0.05) is 192 Å². The number of ether oxygens (including phenoxy) is 1. The number of nitrogens with zero attached hydrogens (tertiary/aromatic N) is 11. The molecule has 0 radical (unpaired) electrons. The van der Waals surface area contributed by atoms with Gasteiger partial charge in [0.25, 0.3) is 0 Å². The van der Waals surface area contributed by atoms with Crippen molar-refractivity contribution in [2.45, 2.75) is 52.4 Å². The molecule has 422 valence electrons. The molecule has 1 aliphatic heterocycles. The van der Waals surface area contributed by atoms with Crippen LogP contribution in [0.3, 0.4) is 0 Å².